The van der Waals surface area contributed by atoms with E-state index >= 15 is 0 Å². The van der Waals surface area contributed by atoms with Crippen LogP contribution >= 0.6 is 23.2 Å². The molecule has 6 heteroatoms. The zero-order valence-electron chi connectivity index (χ0n) is 16.4. The lowest BCUT2D eigenvalue weighted by molar-refractivity contribution is -0.132. The average molecular weight is 423 g/mol. The zero-order valence-corrected chi connectivity index (χ0v) is 17.9. The number of carbonyl (C=O) groups excluding carboxylic acids is 1. The molecule has 0 radical (unpaired) electrons. The molecule has 0 aliphatic rings. The van der Waals surface area contributed by atoms with Gasteiger partial charge in [0.25, 0.3) is 0 Å². The molecular formula is C22H24Cl2O4. The summed E-state index contributed by atoms with van der Waals surface area (Å²) >= 11 is 11.1. The Morgan fingerprint density at radius 1 is 0.929 bits per heavy atom. The summed E-state index contributed by atoms with van der Waals surface area (Å²) in [6, 6.07) is 14.3. The molecular weight excluding hydrogens is 399 g/mol. The van der Waals surface area contributed by atoms with Gasteiger partial charge >= 0.3 is 0 Å². The van der Waals surface area contributed by atoms with E-state index in [1.54, 1.807) is 61.5 Å². The summed E-state index contributed by atoms with van der Waals surface area (Å²) < 4.78 is 17.2. The Morgan fingerprint density at radius 2 is 1.39 bits per heavy atom. The van der Waals surface area contributed by atoms with Crippen molar-refractivity contribution in [2.24, 2.45) is 5.41 Å². The molecule has 0 N–H and O–H groups in total. The van der Waals surface area contributed by atoms with Crippen molar-refractivity contribution in [3.8, 4) is 23.0 Å². The van der Waals surface area contributed by atoms with Gasteiger partial charge in [0.05, 0.1) is 0 Å². The molecule has 0 amide bonds. The van der Waals surface area contributed by atoms with Crippen LogP contribution in [-0.4, -0.2) is 18.5 Å². The lowest BCUT2D eigenvalue weighted by atomic mass is 9.88. The average Bonchev–Trinajstić information content (AvgIpc) is 2.63. The molecule has 2 aromatic rings. The Hall–Kier alpha value is -2.17. The predicted molar refractivity (Wildman–Crippen MR) is 113 cm³/mol. The monoisotopic (exact) mass is 422 g/mol. The molecule has 1 unspecified atom stereocenters. The van der Waals surface area contributed by atoms with E-state index in [0.717, 1.165) is 0 Å². The van der Waals surface area contributed by atoms with Crippen LogP contribution in [0.1, 0.15) is 27.7 Å². The second kappa shape index (κ2) is 9.85. The Bertz CT molecular complexity index is 802. The van der Waals surface area contributed by atoms with E-state index in [4.69, 9.17) is 37.4 Å². The highest BCUT2D eigenvalue weighted by Crippen LogP contribution is 2.27. The smallest absolute Gasteiger partial charge is 0.178 e. The van der Waals surface area contributed by atoms with E-state index in [1.165, 1.54) is 0 Å². The second-order valence-electron chi connectivity index (χ2n) is 7.22. The van der Waals surface area contributed by atoms with Crippen molar-refractivity contribution in [3.63, 3.8) is 0 Å². The zero-order chi connectivity index (χ0) is 20.7. The minimum absolute atomic E-state index is 0.0546. The first kappa shape index (κ1) is 22.1. The quantitative estimate of drug-likeness (QED) is 0.482. The third-order valence-electron chi connectivity index (χ3n) is 3.79. The molecule has 0 spiro atoms. The number of rotatable bonds is 8. The van der Waals surface area contributed by atoms with E-state index in [0.29, 0.717) is 29.6 Å². The number of halogens is 2. The van der Waals surface area contributed by atoms with Gasteiger partial charge in [-0.25, -0.2) is 0 Å². The molecule has 0 saturated heterocycles. The summed E-state index contributed by atoms with van der Waals surface area (Å²) in [4.78, 5) is 12.2. The van der Waals surface area contributed by atoms with Crippen molar-refractivity contribution in [2.45, 2.75) is 33.8 Å². The number of ketones is 1. The van der Waals surface area contributed by atoms with E-state index in [2.05, 4.69) is 0 Å². The SMILES string of the molecule is CC(Oc1ccc(Oc2ccc(OCC=C(Cl)Cl)cc2)cc1)C(=O)C(C)(C)C. The summed E-state index contributed by atoms with van der Waals surface area (Å²) in [6.45, 7) is 7.70. The van der Waals surface area contributed by atoms with E-state index in [1.807, 2.05) is 20.8 Å². The molecule has 0 aliphatic carbocycles. The molecule has 0 fully saturated rings. The predicted octanol–water partition coefficient (Wildman–Crippen LogP) is 6.56. The third kappa shape index (κ3) is 7.10. The first-order chi connectivity index (χ1) is 13.1. The summed E-state index contributed by atoms with van der Waals surface area (Å²) in [5.74, 6) is 2.68. The lowest BCUT2D eigenvalue weighted by Crippen LogP contribution is -2.34. The molecule has 28 heavy (non-hydrogen) atoms. The van der Waals surface area contributed by atoms with Gasteiger partial charge < -0.3 is 14.2 Å². The molecule has 4 nitrogen and oxygen atoms in total. The Morgan fingerprint density at radius 3 is 1.86 bits per heavy atom. The number of Topliss-reactive ketones (excluding diaryl/α,β-unsaturated/α-hetero) is 1. The van der Waals surface area contributed by atoms with Crippen LogP contribution in [0, 0.1) is 5.41 Å². The van der Waals surface area contributed by atoms with Crippen LogP contribution < -0.4 is 14.2 Å². The Labute approximate surface area is 176 Å². The third-order valence-corrected chi connectivity index (χ3v) is 4.10. The van der Waals surface area contributed by atoms with Gasteiger partial charge in [-0.2, -0.15) is 0 Å². The molecule has 0 bridgehead atoms. The van der Waals surface area contributed by atoms with Crippen molar-refractivity contribution in [3.05, 3.63) is 59.1 Å². The number of ether oxygens (including phenoxy) is 3. The van der Waals surface area contributed by atoms with Gasteiger partial charge in [0.2, 0.25) is 0 Å². The second-order valence-corrected chi connectivity index (χ2v) is 8.23. The molecule has 0 aliphatic heterocycles. The lowest BCUT2D eigenvalue weighted by Gasteiger charge is -2.22. The fourth-order valence-corrected chi connectivity index (χ4v) is 2.52. The number of benzene rings is 2. The maximum Gasteiger partial charge on any atom is 0.178 e. The molecule has 2 rings (SSSR count). The first-order valence-corrected chi connectivity index (χ1v) is 9.63. The van der Waals surface area contributed by atoms with Crippen LogP contribution in [-0.2, 0) is 4.79 Å². The molecule has 0 heterocycles. The van der Waals surface area contributed by atoms with Crippen molar-refractivity contribution in [1.29, 1.82) is 0 Å². The van der Waals surface area contributed by atoms with Crippen molar-refractivity contribution in [1.82, 2.24) is 0 Å². The number of hydrogen-bond acceptors (Lipinski definition) is 4. The maximum atomic E-state index is 12.2. The van der Waals surface area contributed by atoms with Crippen molar-refractivity contribution in [2.75, 3.05) is 6.61 Å². The molecule has 2 aromatic carbocycles. The Kier molecular flexibility index (Phi) is 7.78. The highest BCUT2D eigenvalue weighted by atomic mass is 35.5. The van der Waals surface area contributed by atoms with Gasteiger partial charge in [-0.3, -0.25) is 4.79 Å². The van der Waals surface area contributed by atoms with Crippen molar-refractivity contribution >= 4 is 29.0 Å². The van der Waals surface area contributed by atoms with E-state index < -0.39 is 11.5 Å². The summed E-state index contributed by atoms with van der Waals surface area (Å²) in [5, 5.41) is 0. The summed E-state index contributed by atoms with van der Waals surface area (Å²) in [7, 11) is 0. The normalized spacial score (nSPS) is 12.1. The Balaban J connectivity index is 1.91. The van der Waals surface area contributed by atoms with Crippen molar-refractivity contribution < 1.29 is 19.0 Å². The van der Waals surface area contributed by atoms with Crippen LogP contribution in [0.2, 0.25) is 0 Å². The van der Waals surface area contributed by atoms with Crippen LogP contribution in [0.15, 0.2) is 59.1 Å². The fraction of sp³-hybridized carbons (Fsp3) is 0.318. The van der Waals surface area contributed by atoms with Gasteiger partial charge in [-0.05, 0) is 61.5 Å². The standard InChI is InChI=1S/C22H24Cl2O4/c1-15(21(25)22(2,3)4)27-17-9-11-19(12-10-17)28-18-7-5-16(6-8-18)26-14-13-20(23)24/h5-13,15H,14H2,1-4H3. The highest BCUT2D eigenvalue weighted by molar-refractivity contribution is 6.55. The van der Waals surface area contributed by atoms with Gasteiger partial charge in [0.1, 0.15) is 34.1 Å². The van der Waals surface area contributed by atoms with Crippen LogP contribution in [0.4, 0.5) is 0 Å². The van der Waals surface area contributed by atoms with Gasteiger partial charge in [-0.15, -0.1) is 0 Å². The van der Waals surface area contributed by atoms with Gasteiger partial charge in [0, 0.05) is 5.41 Å². The molecule has 1 atom stereocenters. The molecule has 0 saturated carbocycles. The summed E-state index contributed by atoms with van der Waals surface area (Å²) in [5.41, 5.74) is -0.440. The largest absolute Gasteiger partial charge is 0.489 e. The fourth-order valence-electron chi connectivity index (χ4n) is 2.39. The van der Waals surface area contributed by atoms with Crippen LogP contribution in [0.3, 0.4) is 0 Å². The van der Waals surface area contributed by atoms with Gasteiger partial charge in [0.15, 0.2) is 11.9 Å². The van der Waals surface area contributed by atoms with E-state index in [-0.39, 0.29) is 10.3 Å². The van der Waals surface area contributed by atoms with E-state index in [9.17, 15) is 4.79 Å². The minimum Gasteiger partial charge on any atom is -0.489 e. The number of hydrogen-bond donors (Lipinski definition) is 0. The van der Waals surface area contributed by atoms with Crippen LogP contribution in [0.5, 0.6) is 23.0 Å². The highest BCUT2D eigenvalue weighted by Gasteiger charge is 2.27. The first-order valence-electron chi connectivity index (χ1n) is 8.88. The molecule has 150 valence electrons. The van der Waals surface area contributed by atoms with Gasteiger partial charge in [-0.1, -0.05) is 44.0 Å². The summed E-state index contributed by atoms with van der Waals surface area (Å²) in [6.07, 6.45) is 1.05. The minimum atomic E-state index is -0.511. The maximum absolute atomic E-state index is 12.2. The number of carbonyl (C=O) groups is 1. The molecule has 0 aromatic heterocycles. The topological polar surface area (TPSA) is 44.8 Å². The van der Waals surface area contributed by atoms with Crippen LogP contribution in [0.25, 0.3) is 0 Å².